The van der Waals surface area contributed by atoms with Gasteiger partial charge in [-0.25, -0.2) is 4.39 Å². The molecule has 0 bridgehead atoms. The predicted octanol–water partition coefficient (Wildman–Crippen LogP) is 1.70. The number of carbonyl (C=O) groups is 1. The van der Waals surface area contributed by atoms with Crippen molar-refractivity contribution < 1.29 is 13.9 Å². The number of benzene rings is 1. The maximum absolute atomic E-state index is 13.5. The van der Waals surface area contributed by atoms with Gasteiger partial charge in [0.15, 0.2) is 0 Å². The van der Waals surface area contributed by atoms with Crippen LogP contribution in [0.5, 0.6) is 0 Å². The van der Waals surface area contributed by atoms with Crippen LogP contribution in [0.25, 0.3) is 0 Å². The highest BCUT2D eigenvalue weighted by Gasteiger charge is 2.17. The lowest BCUT2D eigenvalue weighted by Crippen LogP contribution is -2.35. The second kappa shape index (κ2) is 10.6. The lowest BCUT2D eigenvalue weighted by molar-refractivity contribution is -0.122. The lowest BCUT2D eigenvalue weighted by Gasteiger charge is -2.13. The number of ether oxygens (including phenoxy) is 1. The van der Waals surface area contributed by atoms with Gasteiger partial charge in [-0.3, -0.25) is 4.79 Å². The molecular formula is C14H22ClFN2O2. The van der Waals surface area contributed by atoms with Gasteiger partial charge in [-0.1, -0.05) is 18.2 Å². The Morgan fingerprint density at radius 2 is 2.00 bits per heavy atom. The first kappa shape index (κ1) is 18.8. The van der Waals surface area contributed by atoms with Crippen molar-refractivity contribution in [2.24, 2.45) is 0 Å². The summed E-state index contributed by atoms with van der Waals surface area (Å²) in [4.78, 5) is 11.9. The number of hydrogen-bond acceptors (Lipinski definition) is 3. The molecule has 6 heteroatoms. The molecule has 0 fully saturated rings. The molecule has 1 rings (SSSR count). The molecule has 1 aromatic carbocycles. The molecule has 114 valence electrons. The van der Waals surface area contributed by atoms with Gasteiger partial charge >= 0.3 is 0 Å². The fourth-order valence-electron chi connectivity index (χ4n) is 1.69. The third-order valence-corrected chi connectivity index (χ3v) is 2.85. The van der Waals surface area contributed by atoms with E-state index in [4.69, 9.17) is 4.74 Å². The van der Waals surface area contributed by atoms with Crippen LogP contribution in [0.3, 0.4) is 0 Å². The van der Waals surface area contributed by atoms with Gasteiger partial charge in [-0.05, 0) is 18.6 Å². The monoisotopic (exact) mass is 304 g/mol. The number of amides is 1. The van der Waals surface area contributed by atoms with E-state index in [1.165, 1.54) is 6.07 Å². The normalized spacial score (nSPS) is 11.6. The zero-order valence-electron chi connectivity index (χ0n) is 11.8. The summed E-state index contributed by atoms with van der Waals surface area (Å²) >= 11 is 0. The minimum atomic E-state index is -0.486. The summed E-state index contributed by atoms with van der Waals surface area (Å²) in [6, 6.07) is 6.35. The molecular weight excluding hydrogens is 283 g/mol. The van der Waals surface area contributed by atoms with E-state index in [-0.39, 0.29) is 24.1 Å². The Morgan fingerprint density at radius 3 is 2.65 bits per heavy atom. The van der Waals surface area contributed by atoms with E-state index in [0.717, 1.165) is 6.54 Å². The Morgan fingerprint density at radius 1 is 1.30 bits per heavy atom. The van der Waals surface area contributed by atoms with Gasteiger partial charge in [0.25, 0.3) is 0 Å². The fourth-order valence-corrected chi connectivity index (χ4v) is 1.69. The number of nitrogens with one attached hydrogen (secondary N) is 2. The Bertz CT molecular complexity index is 405. The van der Waals surface area contributed by atoms with Crippen molar-refractivity contribution in [1.29, 1.82) is 0 Å². The first-order valence-electron chi connectivity index (χ1n) is 6.38. The molecule has 20 heavy (non-hydrogen) atoms. The Labute approximate surface area is 125 Å². The van der Waals surface area contributed by atoms with Crippen molar-refractivity contribution in [2.45, 2.75) is 12.8 Å². The predicted molar refractivity (Wildman–Crippen MR) is 79.8 cm³/mol. The van der Waals surface area contributed by atoms with Crippen molar-refractivity contribution in [3.8, 4) is 0 Å². The minimum Gasteiger partial charge on any atom is -0.383 e. The van der Waals surface area contributed by atoms with E-state index in [1.54, 1.807) is 32.2 Å². The molecule has 0 aliphatic carbocycles. The highest BCUT2D eigenvalue weighted by molar-refractivity contribution is 5.85. The highest BCUT2D eigenvalue weighted by Crippen LogP contribution is 2.18. The van der Waals surface area contributed by atoms with E-state index in [1.807, 2.05) is 0 Å². The summed E-state index contributed by atoms with van der Waals surface area (Å²) in [7, 11) is 1.64. The molecule has 2 N–H and O–H groups in total. The molecule has 1 atom stereocenters. The molecule has 0 spiro atoms. The number of halogens is 2. The molecule has 0 heterocycles. The molecule has 1 aromatic rings. The zero-order chi connectivity index (χ0) is 14.1. The van der Waals surface area contributed by atoms with Gasteiger partial charge < -0.3 is 15.4 Å². The average Bonchev–Trinajstić information content (AvgIpc) is 2.42. The molecule has 4 nitrogen and oxygen atoms in total. The van der Waals surface area contributed by atoms with Crippen LogP contribution in [-0.4, -0.2) is 39.3 Å². The van der Waals surface area contributed by atoms with E-state index < -0.39 is 5.92 Å². The van der Waals surface area contributed by atoms with Crippen molar-refractivity contribution in [3.05, 3.63) is 35.6 Å². The quantitative estimate of drug-likeness (QED) is 0.719. The lowest BCUT2D eigenvalue weighted by atomic mass is 10.00. The van der Waals surface area contributed by atoms with Gasteiger partial charge in [0, 0.05) is 26.7 Å². The largest absolute Gasteiger partial charge is 0.383 e. The van der Waals surface area contributed by atoms with Gasteiger partial charge in [0.2, 0.25) is 5.91 Å². The molecule has 0 aromatic heterocycles. The number of carbonyl (C=O) groups excluding carboxylic acids is 1. The summed E-state index contributed by atoms with van der Waals surface area (Å²) in [6.45, 7) is 4.27. The maximum atomic E-state index is 13.5. The Balaban J connectivity index is 0.00000361. The molecule has 0 aliphatic heterocycles. The highest BCUT2D eigenvalue weighted by atomic mass is 35.5. The molecule has 0 saturated carbocycles. The fraction of sp³-hybridized carbons (Fsp3) is 0.500. The summed E-state index contributed by atoms with van der Waals surface area (Å²) in [5.41, 5.74) is 0.423. The van der Waals surface area contributed by atoms with E-state index >= 15 is 0 Å². The van der Waals surface area contributed by atoms with Gasteiger partial charge in [-0.2, -0.15) is 0 Å². The topological polar surface area (TPSA) is 50.4 Å². The average molecular weight is 305 g/mol. The number of hydrogen-bond donors (Lipinski definition) is 2. The number of methoxy groups -OCH3 is 1. The molecule has 1 amide bonds. The Kier molecular flexibility index (Phi) is 9.98. The van der Waals surface area contributed by atoms with Crippen LogP contribution in [0.2, 0.25) is 0 Å². The van der Waals surface area contributed by atoms with Crippen molar-refractivity contribution in [1.82, 2.24) is 10.6 Å². The first-order chi connectivity index (χ1) is 9.16. The van der Waals surface area contributed by atoms with E-state index in [0.29, 0.717) is 25.3 Å². The molecule has 1 unspecified atom stereocenters. The summed E-state index contributed by atoms with van der Waals surface area (Å²) < 4.78 is 18.4. The second-order valence-corrected chi connectivity index (χ2v) is 4.28. The van der Waals surface area contributed by atoms with Crippen LogP contribution in [0, 0.1) is 5.82 Å². The van der Waals surface area contributed by atoms with E-state index in [9.17, 15) is 9.18 Å². The van der Waals surface area contributed by atoms with Crippen LogP contribution in [0.1, 0.15) is 18.4 Å². The summed E-state index contributed by atoms with van der Waals surface area (Å²) in [5.74, 6) is -0.998. The van der Waals surface area contributed by atoms with Gasteiger partial charge in [0.05, 0.1) is 12.5 Å². The SMILES string of the molecule is COCCNCCNC(=O)C(C)c1ccccc1F.Cl. The minimum absolute atomic E-state index is 0. The van der Waals surface area contributed by atoms with Crippen molar-refractivity contribution in [3.63, 3.8) is 0 Å². The van der Waals surface area contributed by atoms with Crippen LogP contribution < -0.4 is 10.6 Å². The van der Waals surface area contributed by atoms with Gasteiger partial charge in [-0.15, -0.1) is 12.4 Å². The second-order valence-electron chi connectivity index (χ2n) is 4.28. The summed E-state index contributed by atoms with van der Waals surface area (Å²) in [6.07, 6.45) is 0. The third-order valence-electron chi connectivity index (χ3n) is 2.85. The molecule has 0 radical (unpaired) electrons. The first-order valence-corrected chi connectivity index (χ1v) is 6.38. The third kappa shape index (κ3) is 6.32. The summed E-state index contributed by atoms with van der Waals surface area (Å²) in [5, 5.41) is 5.89. The van der Waals surface area contributed by atoms with Gasteiger partial charge in [0.1, 0.15) is 5.82 Å². The zero-order valence-corrected chi connectivity index (χ0v) is 12.6. The van der Waals surface area contributed by atoms with Crippen molar-refractivity contribution >= 4 is 18.3 Å². The molecule has 0 saturated heterocycles. The van der Waals surface area contributed by atoms with Crippen LogP contribution in [0.4, 0.5) is 4.39 Å². The maximum Gasteiger partial charge on any atom is 0.227 e. The smallest absolute Gasteiger partial charge is 0.227 e. The van der Waals surface area contributed by atoms with Crippen LogP contribution in [0.15, 0.2) is 24.3 Å². The van der Waals surface area contributed by atoms with Crippen molar-refractivity contribution in [2.75, 3.05) is 33.4 Å². The van der Waals surface area contributed by atoms with E-state index in [2.05, 4.69) is 10.6 Å². The molecule has 0 aliphatic rings. The number of rotatable bonds is 8. The van der Waals surface area contributed by atoms with Crippen LogP contribution in [-0.2, 0) is 9.53 Å². The Hall–Kier alpha value is -1.17. The standard InChI is InChI=1S/C14H21FN2O2.ClH/c1-11(12-5-3-4-6-13(12)15)14(18)17-8-7-16-9-10-19-2;/h3-6,11,16H,7-10H2,1-2H3,(H,17,18);1H. The van der Waals surface area contributed by atoms with Crippen LogP contribution >= 0.6 is 12.4 Å².